The molecule has 5 heteroatoms. The summed E-state index contributed by atoms with van der Waals surface area (Å²) in [6.07, 6.45) is 0.869. The Labute approximate surface area is 125 Å². The fourth-order valence-electron chi connectivity index (χ4n) is 1.65. The number of halogens is 1. The monoisotopic (exact) mass is 298 g/mol. The van der Waals surface area contributed by atoms with Crippen molar-refractivity contribution < 1.29 is 9.90 Å². The molecule has 1 aromatic carbocycles. The molecule has 1 rings (SSSR count). The van der Waals surface area contributed by atoms with Crippen molar-refractivity contribution in [2.24, 2.45) is 5.41 Å². The van der Waals surface area contributed by atoms with Crippen molar-refractivity contribution >= 4 is 23.2 Å². The smallest absolute Gasteiger partial charge is 0.254 e. The second-order valence-electron chi connectivity index (χ2n) is 5.57. The lowest BCUT2D eigenvalue weighted by atomic mass is 9.88. The maximum Gasteiger partial charge on any atom is 0.254 e. The predicted octanol–water partition coefficient (Wildman–Crippen LogP) is 2.86. The van der Waals surface area contributed by atoms with Gasteiger partial charge in [0.2, 0.25) is 0 Å². The molecule has 112 valence electrons. The minimum absolute atomic E-state index is 0.119. The van der Waals surface area contributed by atoms with Crippen LogP contribution in [0, 0.1) is 5.41 Å². The molecule has 0 bridgehead atoms. The molecule has 0 spiro atoms. The van der Waals surface area contributed by atoms with E-state index in [1.807, 2.05) is 19.9 Å². The molecule has 0 aliphatic rings. The average molecular weight is 299 g/mol. The average Bonchev–Trinajstić information content (AvgIpc) is 2.45. The highest BCUT2D eigenvalue weighted by atomic mass is 35.5. The first-order chi connectivity index (χ1) is 9.33. The molecule has 4 nitrogen and oxygen atoms in total. The topological polar surface area (TPSA) is 52.6 Å². The van der Waals surface area contributed by atoms with Gasteiger partial charge in [0.15, 0.2) is 0 Å². The summed E-state index contributed by atoms with van der Waals surface area (Å²) >= 11 is 6.06. The molecule has 2 N–H and O–H groups in total. The van der Waals surface area contributed by atoms with Crippen LogP contribution in [-0.4, -0.2) is 43.2 Å². The van der Waals surface area contributed by atoms with Crippen LogP contribution >= 0.6 is 11.6 Å². The molecule has 0 saturated heterocycles. The fraction of sp³-hybridized carbons (Fsp3) is 0.533. The van der Waals surface area contributed by atoms with E-state index in [0.717, 1.165) is 12.1 Å². The number of carbonyl (C=O) groups is 1. The molecular weight excluding hydrogens is 276 g/mol. The summed E-state index contributed by atoms with van der Waals surface area (Å²) in [5.74, 6) is -0.126. The highest BCUT2D eigenvalue weighted by Crippen LogP contribution is 2.24. The SMILES string of the molecule is CCC(C)(CO)CNc1ccc(Cl)c(C(=O)N(C)C)c1. The Hall–Kier alpha value is -1.26. The van der Waals surface area contributed by atoms with Crippen LogP contribution in [0.3, 0.4) is 0 Å². The number of anilines is 1. The lowest BCUT2D eigenvalue weighted by molar-refractivity contribution is 0.0828. The number of hydrogen-bond acceptors (Lipinski definition) is 3. The summed E-state index contributed by atoms with van der Waals surface area (Å²) in [4.78, 5) is 13.5. The summed E-state index contributed by atoms with van der Waals surface area (Å²) in [5, 5.41) is 13.1. The van der Waals surface area contributed by atoms with Gasteiger partial charge < -0.3 is 15.3 Å². The van der Waals surface area contributed by atoms with E-state index in [-0.39, 0.29) is 17.9 Å². The molecular formula is C15H23ClN2O2. The summed E-state index contributed by atoms with van der Waals surface area (Å²) in [6, 6.07) is 5.29. The van der Waals surface area contributed by atoms with Gasteiger partial charge in [-0.1, -0.05) is 25.4 Å². The van der Waals surface area contributed by atoms with Crippen molar-refractivity contribution in [2.45, 2.75) is 20.3 Å². The van der Waals surface area contributed by atoms with E-state index in [9.17, 15) is 9.90 Å². The molecule has 0 aromatic heterocycles. The van der Waals surface area contributed by atoms with Crippen LogP contribution in [0.5, 0.6) is 0 Å². The molecule has 0 saturated carbocycles. The predicted molar refractivity (Wildman–Crippen MR) is 83.4 cm³/mol. The first-order valence-corrected chi connectivity index (χ1v) is 7.06. The Morgan fingerprint density at radius 1 is 1.45 bits per heavy atom. The van der Waals surface area contributed by atoms with Crippen molar-refractivity contribution in [3.63, 3.8) is 0 Å². The second-order valence-corrected chi connectivity index (χ2v) is 5.98. The lowest BCUT2D eigenvalue weighted by Crippen LogP contribution is -2.29. The Balaban J connectivity index is 2.88. The third kappa shape index (κ3) is 4.12. The fourth-order valence-corrected chi connectivity index (χ4v) is 1.85. The van der Waals surface area contributed by atoms with Gasteiger partial charge in [0.25, 0.3) is 5.91 Å². The van der Waals surface area contributed by atoms with E-state index in [4.69, 9.17) is 11.6 Å². The molecule has 0 radical (unpaired) electrons. The first kappa shape index (κ1) is 16.8. The first-order valence-electron chi connectivity index (χ1n) is 6.69. The van der Waals surface area contributed by atoms with E-state index in [1.165, 1.54) is 4.90 Å². The van der Waals surface area contributed by atoms with Crippen LogP contribution in [0.25, 0.3) is 0 Å². The largest absolute Gasteiger partial charge is 0.396 e. The number of amides is 1. The van der Waals surface area contributed by atoms with Crippen molar-refractivity contribution in [3.8, 4) is 0 Å². The molecule has 1 aromatic rings. The highest BCUT2D eigenvalue weighted by Gasteiger charge is 2.21. The molecule has 0 aliphatic carbocycles. The standard InChI is InChI=1S/C15H23ClN2O2/c1-5-15(2,10-19)9-17-11-6-7-13(16)12(8-11)14(20)18(3)4/h6-8,17,19H,5,9-10H2,1-4H3. The van der Waals surface area contributed by atoms with Gasteiger partial charge in [0, 0.05) is 31.7 Å². The van der Waals surface area contributed by atoms with Gasteiger partial charge >= 0.3 is 0 Å². The summed E-state index contributed by atoms with van der Waals surface area (Å²) in [5.41, 5.74) is 1.13. The number of nitrogens with one attached hydrogen (secondary N) is 1. The Morgan fingerprint density at radius 2 is 2.10 bits per heavy atom. The van der Waals surface area contributed by atoms with Gasteiger partial charge in [-0.2, -0.15) is 0 Å². The lowest BCUT2D eigenvalue weighted by Gasteiger charge is -2.26. The molecule has 1 atom stereocenters. The van der Waals surface area contributed by atoms with Gasteiger partial charge in [0.05, 0.1) is 17.2 Å². The zero-order valence-electron chi connectivity index (χ0n) is 12.5. The van der Waals surface area contributed by atoms with Gasteiger partial charge in [-0.05, 0) is 24.6 Å². The number of aliphatic hydroxyl groups excluding tert-OH is 1. The minimum Gasteiger partial charge on any atom is -0.396 e. The third-order valence-electron chi connectivity index (χ3n) is 3.56. The van der Waals surface area contributed by atoms with Crippen LogP contribution in [0.15, 0.2) is 18.2 Å². The quantitative estimate of drug-likeness (QED) is 0.849. The van der Waals surface area contributed by atoms with Crippen LogP contribution in [-0.2, 0) is 0 Å². The second kappa shape index (κ2) is 6.95. The van der Waals surface area contributed by atoms with E-state index in [0.29, 0.717) is 17.1 Å². The minimum atomic E-state index is -0.175. The summed E-state index contributed by atoms with van der Waals surface area (Å²) < 4.78 is 0. The number of hydrogen-bond donors (Lipinski definition) is 2. The van der Waals surface area contributed by atoms with Crippen molar-refractivity contribution in [2.75, 3.05) is 32.6 Å². The summed E-state index contributed by atoms with van der Waals surface area (Å²) in [7, 11) is 3.39. The third-order valence-corrected chi connectivity index (χ3v) is 3.89. The van der Waals surface area contributed by atoms with Gasteiger partial charge in [-0.3, -0.25) is 4.79 Å². The molecule has 0 fully saturated rings. The summed E-state index contributed by atoms with van der Waals surface area (Å²) in [6.45, 7) is 4.81. The number of benzene rings is 1. The van der Waals surface area contributed by atoms with E-state index < -0.39 is 0 Å². The van der Waals surface area contributed by atoms with Crippen LogP contribution in [0.2, 0.25) is 5.02 Å². The van der Waals surface area contributed by atoms with Gasteiger partial charge in [0.1, 0.15) is 0 Å². The zero-order valence-corrected chi connectivity index (χ0v) is 13.3. The number of carbonyl (C=O) groups excluding carboxylic acids is 1. The van der Waals surface area contributed by atoms with Crippen LogP contribution < -0.4 is 5.32 Å². The normalized spacial score (nSPS) is 13.7. The van der Waals surface area contributed by atoms with Crippen LogP contribution in [0.4, 0.5) is 5.69 Å². The molecule has 0 heterocycles. The maximum absolute atomic E-state index is 12.0. The number of aliphatic hydroxyl groups is 1. The van der Waals surface area contributed by atoms with E-state index >= 15 is 0 Å². The van der Waals surface area contributed by atoms with Crippen LogP contribution in [0.1, 0.15) is 30.6 Å². The molecule has 1 amide bonds. The highest BCUT2D eigenvalue weighted by molar-refractivity contribution is 6.34. The van der Waals surface area contributed by atoms with E-state index in [1.54, 1.807) is 26.2 Å². The molecule has 0 aliphatic heterocycles. The van der Waals surface area contributed by atoms with Gasteiger partial charge in [-0.25, -0.2) is 0 Å². The number of rotatable bonds is 6. The van der Waals surface area contributed by atoms with Gasteiger partial charge in [-0.15, -0.1) is 0 Å². The Kier molecular flexibility index (Phi) is 5.84. The Morgan fingerprint density at radius 3 is 2.60 bits per heavy atom. The van der Waals surface area contributed by atoms with E-state index in [2.05, 4.69) is 5.32 Å². The van der Waals surface area contributed by atoms with Crippen molar-refractivity contribution in [1.82, 2.24) is 4.90 Å². The number of nitrogens with zero attached hydrogens (tertiary/aromatic N) is 1. The molecule has 1 unspecified atom stereocenters. The maximum atomic E-state index is 12.0. The zero-order chi connectivity index (χ0) is 15.3. The Bertz CT molecular complexity index is 471. The molecule has 20 heavy (non-hydrogen) atoms. The van der Waals surface area contributed by atoms with Crippen molar-refractivity contribution in [1.29, 1.82) is 0 Å². The van der Waals surface area contributed by atoms with Crippen molar-refractivity contribution in [3.05, 3.63) is 28.8 Å².